The van der Waals surface area contributed by atoms with E-state index in [4.69, 9.17) is 28.3 Å². The quantitative estimate of drug-likeness (QED) is 0.578. The van der Waals surface area contributed by atoms with Crippen LogP contribution in [0.4, 0.5) is 11.6 Å². The highest BCUT2D eigenvalue weighted by molar-refractivity contribution is 6.30. The van der Waals surface area contributed by atoms with Crippen molar-refractivity contribution in [1.29, 1.82) is 0 Å². The summed E-state index contributed by atoms with van der Waals surface area (Å²) in [6.45, 7) is 0.794. The van der Waals surface area contributed by atoms with Crippen LogP contribution in [0.25, 0.3) is 11.0 Å². The number of fused-ring (bicyclic) bond motifs is 1. The van der Waals surface area contributed by atoms with Crippen LogP contribution in [0.15, 0.2) is 30.3 Å². The minimum atomic E-state index is -0.0545. The van der Waals surface area contributed by atoms with Gasteiger partial charge in [0.15, 0.2) is 11.6 Å². The van der Waals surface area contributed by atoms with Crippen molar-refractivity contribution in [2.24, 2.45) is 0 Å². The molecule has 3 rings (SSSR count). The summed E-state index contributed by atoms with van der Waals surface area (Å²) in [4.78, 5) is 16.7. The molecule has 1 aromatic carbocycles. The van der Waals surface area contributed by atoms with Crippen molar-refractivity contribution in [3.63, 3.8) is 0 Å². The monoisotopic (exact) mass is 364 g/mol. The van der Waals surface area contributed by atoms with Gasteiger partial charge in [-0.1, -0.05) is 30.3 Å². The van der Waals surface area contributed by atoms with Crippen LogP contribution >= 0.6 is 23.2 Å². The van der Waals surface area contributed by atoms with Crippen LogP contribution in [0.1, 0.15) is 5.56 Å². The van der Waals surface area contributed by atoms with Crippen molar-refractivity contribution in [2.45, 2.75) is 6.54 Å². The van der Waals surface area contributed by atoms with Gasteiger partial charge in [0.1, 0.15) is 11.0 Å². The highest BCUT2D eigenvalue weighted by atomic mass is 35.5. The Balaban J connectivity index is 1.99. The van der Waals surface area contributed by atoms with Crippen LogP contribution < -0.4 is 10.6 Å². The van der Waals surface area contributed by atoms with E-state index >= 15 is 0 Å². The molecular weight excluding hydrogens is 351 g/mol. The minimum Gasteiger partial charge on any atom is -0.395 e. The lowest BCUT2D eigenvalue weighted by Crippen LogP contribution is -2.10. The molecule has 3 N–H and O–H groups in total. The number of aromatic nitrogens is 4. The third-order valence-electron chi connectivity index (χ3n) is 3.20. The predicted molar refractivity (Wildman–Crippen MR) is 94.5 cm³/mol. The molecule has 9 heteroatoms. The molecule has 0 aliphatic heterocycles. The molecule has 0 saturated carbocycles. The summed E-state index contributed by atoms with van der Waals surface area (Å²) in [5.74, 6) is 0.858. The largest absolute Gasteiger partial charge is 0.395 e. The average molecular weight is 365 g/mol. The molecule has 24 heavy (non-hydrogen) atoms. The van der Waals surface area contributed by atoms with Gasteiger partial charge in [-0.15, -0.1) is 0 Å². The lowest BCUT2D eigenvalue weighted by Gasteiger charge is -2.11. The number of rotatable bonds is 6. The van der Waals surface area contributed by atoms with E-state index in [-0.39, 0.29) is 17.2 Å². The summed E-state index contributed by atoms with van der Waals surface area (Å²) in [7, 11) is 0. The van der Waals surface area contributed by atoms with Gasteiger partial charge >= 0.3 is 0 Å². The first-order valence-electron chi connectivity index (χ1n) is 7.20. The fourth-order valence-corrected chi connectivity index (χ4v) is 2.50. The van der Waals surface area contributed by atoms with Gasteiger partial charge in [-0.05, 0) is 28.8 Å². The van der Waals surface area contributed by atoms with E-state index in [1.165, 1.54) is 0 Å². The zero-order valence-corrected chi connectivity index (χ0v) is 14.0. The molecular formula is C15H14Cl2N6O. The van der Waals surface area contributed by atoms with E-state index in [0.717, 1.165) is 5.56 Å². The van der Waals surface area contributed by atoms with E-state index in [1.807, 2.05) is 30.3 Å². The summed E-state index contributed by atoms with van der Waals surface area (Å²) in [5, 5.41) is 15.2. The molecule has 0 aliphatic carbocycles. The van der Waals surface area contributed by atoms with E-state index in [9.17, 15) is 0 Å². The van der Waals surface area contributed by atoms with Crippen molar-refractivity contribution in [3.05, 3.63) is 46.5 Å². The van der Waals surface area contributed by atoms with Gasteiger partial charge in [-0.3, -0.25) is 0 Å². The van der Waals surface area contributed by atoms with Gasteiger partial charge in [0, 0.05) is 13.1 Å². The molecule has 3 aromatic rings. The Kier molecular flexibility index (Phi) is 5.24. The second kappa shape index (κ2) is 7.57. The van der Waals surface area contributed by atoms with Crippen LogP contribution in [-0.4, -0.2) is 38.2 Å². The van der Waals surface area contributed by atoms with Crippen LogP contribution in [-0.2, 0) is 6.54 Å². The Morgan fingerprint density at radius 2 is 1.42 bits per heavy atom. The summed E-state index contributed by atoms with van der Waals surface area (Å²) in [6, 6.07) is 9.85. The van der Waals surface area contributed by atoms with Crippen molar-refractivity contribution in [1.82, 2.24) is 19.9 Å². The van der Waals surface area contributed by atoms with Crippen molar-refractivity contribution in [2.75, 3.05) is 23.8 Å². The SMILES string of the molecule is OCCNc1nc(Cl)nc2c(NCc3ccccc3)nc(Cl)nc12. The highest BCUT2D eigenvalue weighted by Crippen LogP contribution is 2.27. The molecule has 2 heterocycles. The van der Waals surface area contributed by atoms with Crippen molar-refractivity contribution in [3.8, 4) is 0 Å². The Morgan fingerprint density at radius 3 is 2.00 bits per heavy atom. The molecule has 0 unspecified atom stereocenters. The van der Waals surface area contributed by atoms with E-state index in [1.54, 1.807) is 0 Å². The zero-order chi connectivity index (χ0) is 16.9. The minimum absolute atomic E-state index is 0.0524. The molecule has 0 radical (unpaired) electrons. The number of hydrogen-bond donors (Lipinski definition) is 3. The number of aliphatic hydroxyl groups is 1. The number of aliphatic hydroxyl groups excluding tert-OH is 1. The van der Waals surface area contributed by atoms with Gasteiger partial charge in [-0.25, -0.2) is 9.97 Å². The van der Waals surface area contributed by atoms with Gasteiger partial charge in [0.2, 0.25) is 10.6 Å². The van der Waals surface area contributed by atoms with E-state index in [0.29, 0.717) is 35.8 Å². The Morgan fingerprint density at radius 1 is 0.833 bits per heavy atom. The zero-order valence-electron chi connectivity index (χ0n) is 12.5. The Bertz CT molecular complexity index is 846. The molecule has 0 amide bonds. The average Bonchev–Trinajstić information content (AvgIpc) is 2.59. The molecule has 2 aromatic heterocycles. The first-order chi connectivity index (χ1) is 11.7. The first-order valence-corrected chi connectivity index (χ1v) is 7.96. The number of nitrogens with one attached hydrogen (secondary N) is 2. The summed E-state index contributed by atoms with van der Waals surface area (Å²) in [5.41, 5.74) is 1.97. The van der Waals surface area contributed by atoms with Crippen LogP contribution in [0.5, 0.6) is 0 Å². The summed E-state index contributed by atoms with van der Waals surface area (Å²) >= 11 is 12.0. The maximum absolute atomic E-state index is 8.98. The normalized spacial score (nSPS) is 10.8. The van der Waals surface area contributed by atoms with Gasteiger partial charge in [0.25, 0.3) is 0 Å². The summed E-state index contributed by atoms with van der Waals surface area (Å²) < 4.78 is 0. The third kappa shape index (κ3) is 3.81. The van der Waals surface area contributed by atoms with Crippen LogP contribution in [0, 0.1) is 0 Å². The molecule has 7 nitrogen and oxygen atoms in total. The Labute approximate surface area is 148 Å². The van der Waals surface area contributed by atoms with Gasteiger partial charge in [0.05, 0.1) is 6.61 Å². The number of nitrogens with zero attached hydrogens (tertiary/aromatic N) is 4. The molecule has 0 spiro atoms. The molecule has 0 fully saturated rings. The van der Waals surface area contributed by atoms with Crippen LogP contribution in [0.3, 0.4) is 0 Å². The number of hydrogen-bond acceptors (Lipinski definition) is 7. The molecule has 0 atom stereocenters. The number of anilines is 2. The Hall–Kier alpha value is -2.22. The standard InChI is InChI=1S/C15H14Cl2N6O/c16-14-21-11-10(12(22-14)18-6-7-24)20-15(17)23-13(11)19-8-9-4-2-1-3-5-9/h1-5,24H,6-8H2,(H,18,21,22)(H,19,20,23). The van der Waals surface area contributed by atoms with E-state index < -0.39 is 0 Å². The van der Waals surface area contributed by atoms with E-state index in [2.05, 4.69) is 30.6 Å². The lowest BCUT2D eigenvalue weighted by atomic mass is 10.2. The fourth-order valence-electron chi connectivity index (χ4n) is 2.16. The molecule has 0 aliphatic rings. The van der Waals surface area contributed by atoms with Crippen LogP contribution in [0.2, 0.25) is 10.6 Å². The fraction of sp³-hybridized carbons (Fsp3) is 0.200. The maximum Gasteiger partial charge on any atom is 0.225 e. The van der Waals surface area contributed by atoms with Gasteiger partial charge < -0.3 is 15.7 Å². The predicted octanol–water partition coefficient (Wildman–Crippen LogP) is 2.74. The molecule has 0 bridgehead atoms. The number of halogens is 2. The second-order valence-electron chi connectivity index (χ2n) is 4.87. The molecule has 124 valence electrons. The topological polar surface area (TPSA) is 95.8 Å². The van der Waals surface area contributed by atoms with Crippen molar-refractivity contribution < 1.29 is 5.11 Å². The first kappa shape index (κ1) is 16.6. The summed E-state index contributed by atoms with van der Waals surface area (Å²) in [6.07, 6.45) is 0. The van der Waals surface area contributed by atoms with Gasteiger partial charge in [-0.2, -0.15) is 9.97 Å². The maximum atomic E-state index is 8.98. The second-order valence-corrected chi connectivity index (χ2v) is 5.55. The molecule has 0 saturated heterocycles. The highest BCUT2D eigenvalue weighted by Gasteiger charge is 2.14. The third-order valence-corrected chi connectivity index (χ3v) is 3.53. The number of benzene rings is 1. The van der Waals surface area contributed by atoms with Crippen molar-refractivity contribution >= 4 is 45.9 Å². The smallest absolute Gasteiger partial charge is 0.225 e. The lowest BCUT2D eigenvalue weighted by molar-refractivity contribution is 0.311.